The van der Waals surface area contributed by atoms with Crippen molar-refractivity contribution < 1.29 is 19.2 Å². The number of aromatic nitrogens is 2. The number of hydrogen-bond acceptors (Lipinski definition) is 7. The van der Waals surface area contributed by atoms with Gasteiger partial charge in [0.1, 0.15) is 6.04 Å². The zero-order valence-electron chi connectivity index (χ0n) is 10.6. The summed E-state index contributed by atoms with van der Waals surface area (Å²) in [6, 6.07) is 3.16. The van der Waals surface area contributed by atoms with Crippen molar-refractivity contribution in [2.75, 3.05) is 19.8 Å². The molecule has 0 aliphatic carbocycles. The highest BCUT2D eigenvalue weighted by Gasteiger charge is 2.30. The molecule has 3 heterocycles. The Balaban J connectivity index is 1.72. The van der Waals surface area contributed by atoms with E-state index < -0.39 is 12.0 Å². The maximum Gasteiger partial charge on any atom is 0.323 e. The van der Waals surface area contributed by atoms with Gasteiger partial charge in [0.25, 0.3) is 0 Å². The highest BCUT2D eigenvalue weighted by Crippen LogP contribution is 2.22. The number of carboxylic acids is 1. The van der Waals surface area contributed by atoms with Crippen molar-refractivity contribution in [2.45, 2.75) is 12.6 Å². The van der Waals surface area contributed by atoms with Crippen molar-refractivity contribution in [1.29, 1.82) is 0 Å². The summed E-state index contributed by atoms with van der Waals surface area (Å²) in [5.74, 6) is 0.0550. The number of carbonyl (C=O) groups is 1. The van der Waals surface area contributed by atoms with Crippen LogP contribution in [0.4, 0.5) is 0 Å². The van der Waals surface area contributed by atoms with Crippen LogP contribution in [0.15, 0.2) is 22.0 Å². The maximum absolute atomic E-state index is 11.2. The number of rotatable bonds is 4. The smallest absolute Gasteiger partial charge is 0.323 e. The van der Waals surface area contributed by atoms with Gasteiger partial charge in [0, 0.05) is 6.54 Å². The van der Waals surface area contributed by atoms with Crippen LogP contribution in [0.2, 0.25) is 0 Å². The molecule has 1 saturated heterocycles. The van der Waals surface area contributed by atoms with E-state index in [9.17, 15) is 4.79 Å². The molecule has 20 heavy (non-hydrogen) atoms. The molecular formula is C12H13N3O4S. The van der Waals surface area contributed by atoms with E-state index in [0.29, 0.717) is 31.4 Å². The van der Waals surface area contributed by atoms with Crippen molar-refractivity contribution in [1.82, 2.24) is 15.0 Å². The Morgan fingerprint density at radius 2 is 2.50 bits per heavy atom. The lowest BCUT2D eigenvalue weighted by molar-refractivity contribution is -0.150. The Labute approximate surface area is 118 Å². The fraction of sp³-hybridized carbons (Fsp3) is 0.417. The normalized spacial score (nSPS) is 20.1. The maximum atomic E-state index is 11.2. The molecule has 0 radical (unpaired) electrons. The molecule has 1 atom stereocenters. The van der Waals surface area contributed by atoms with Gasteiger partial charge < -0.3 is 14.4 Å². The highest BCUT2D eigenvalue weighted by molar-refractivity contribution is 7.13. The molecule has 8 heteroatoms. The molecule has 106 valence electrons. The Morgan fingerprint density at radius 1 is 1.60 bits per heavy atom. The predicted octanol–water partition coefficient (Wildman–Crippen LogP) is 1.08. The second-order valence-corrected chi connectivity index (χ2v) is 5.34. The first-order valence-electron chi connectivity index (χ1n) is 6.15. The first kappa shape index (κ1) is 13.2. The van der Waals surface area contributed by atoms with Gasteiger partial charge >= 0.3 is 5.97 Å². The topological polar surface area (TPSA) is 88.7 Å². The predicted molar refractivity (Wildman–Crippen MR) is 70.3 cm³/mol. The van der Waals surface area contributed by atoms with E-state index in [1.807, 2.05) is 17.5 Å². The van der Waals surface area contributed by atoms with Crippen molar-refractivity contribution in [2.24, 2.45) is 0 Å². The van der Waals surface area contributed by atoms with Crippen molar-refractivity contribution >= 4 is 17.3 Å². The largest absolute Gasteiger partial charge is 0.480 e. The monoisotopic (exact) mass is 295 g/mol. The number of aliphatic carboxylic acids is 1. The SMILES string of the molecule is O=C(O)C1COCCN1Cc1nc(-c2cccs2)no1. The molecule has 0 saturated carbocycles. The minimum absolute atomic E-state index is 0.182. The van der Waals surface area contributed by atoms with Gasteiger partial charge in [-0.05, 0) is 11.4 Å². The van der Waals surface area contributed by atoms with Crippen LogP contribution in [0.5, 0.6) is 0 Å². The molecule has 1 fully saturated rings. The van der Waals surface area contributed by atoms with Gasteiger partial charge in [0.15, 0.2) is 0 Å². The Bertz CT molecular complexity index is 583. The number of hydrogen-bond donors (Lipinski definition) is 1. The molecule has 0 amide bonds. The van der Waals surface area contributed by atoms with E-state index in [1.165, 1.54) is 11.3 Å². The first-order valence-corrected chi connectivity index (χ1v) is 7.03. The lowest BCUT2D eigenvalue weighted by Crippen LogP contribution is -2.49. The van der Waals surface area contributed by atoms with Crippen LogP contribution in [0.3, 0.4) is 0 Å². The fourth-order valence-corrected chi connectivity index (χ4v) is 2.70. The molecule has 2 aromatic rings. The molecule has 7 nitrogen and oxygen atoms in total. The molecule has 1 N–H and O–H groups in total. The summed E-state index contributed by atoms with van der Waals surface area (Å²) in [7, 11) is 0. The van der Waals surface area contributed by atoms with E-state index in [4.69, 9.17) is 14.4 Å². The molecule has 0 bridgehead atoms. The van der Waals surface area contributed by atoms with E-state index in [1.54, 1.807) is 4.90 Å². The lowest BCUT2D eigenvalue weighted by atomic mass is 10.2. The zero-order valence-corrected chi connectivity index (χ0v) is 11.4. The molecular weight excluding hydrogens is 282 g/mol. The van der Waals surface area contributed by atoms with Crippen molar-refractivity contribution in [3.8, 4) is 10.7 Å². The third-order valence-electron chi connectivity index (χ3n) is 3.07. The molecule has 0 spiro atoms. The Morgan fingerprint density at radius 3 is 3.25 bits per heavy atom. The van der Waals surface area contributed by atoms with Gasteiger partial charge in [0.2, 0.25) is 11.7 Å². The van der Waals surface area contributed by atoms with Crippen LogP contribution in [0.25, 0.3) is 10.7 Å². The molecule has 0 aromatic carbocycles. The molecule has 2 aromatic heterocycles. The zero-order chi connectivity index (χ0) is 13.9. The summed E-state index contributed by atoms with van der Waals surface area (Å²) in [5, 5.41) is 15.0. The Hall–Kier alpha value is -1.77. The molecule has 1 aliphatic heterocycles. The molecule has 1 aliphatic rings. The summed E-state index contributed by atoms with van der Waals surface area (Å²) in [4.78, 5) is 18.2. The Kier molecular flexibility index (Phi) is 3.77. The molecule has 1 unspecified atom stereocenters. The van der Waals surface area contributed by atoms with Gasteiger partial charge in [-0.25, -0.2) is 0 Å². The highest BCUT2D eigenvalue weighted by atomic mass is 32.1. The van der Waals surface area contributed by atoms with E-state index in [2.05, 4.69) is 10.1 Å². The minimum atomic E-state index is -0.900. The van der Waals surface area contributed by atoms with Crippen LogP contribution < -0.4 is 0 Å². The van der Waals surface area contributed by atoms with Crippen LogP contribution in [-0.4, -0.2) is 51.9 Å². The number of carboxylic acid groups (broad SMARTS) is 1. The van der Waals surface area contributed by atoms with E-state index >= 15 is 0 Å². The third-order valence-corrected chi connectivity index (χ3v) is 3.94. The number of thiophene rings is 1. The quantitative estimate of drug-likeness (QED) is 0.902. The van der Waals surface area contributed by atoms with Crippen LogP contribution >= 0.6 is 11.3 Å². The summed E-state index contributed by atoms with van der Waals surface area (Å²) in [5.41, 5.74) is 0. The van der Waals surface area contributed by atoms with Crippen LogP contribution in [0.1, 0.15) is 5.89 Å². The number of ether oxygens (including phenoxy) is 1. The molecule has 3 rings (SSSR count). The second kappa shape index (κ2) is 5.70. The average Bonchev–Trinajstić information content (AvgIpc) is 3.09. The second-order valence-electron chi connectivity index (χ2n) is 4.39. The summed E-state index contributed by atoms with van der Waals surface area (Å²) in [6.07, 6.45) is 0. The van der Waals surface area contributed by atoms with Gasteiger partial charge in [-0.3, -0.25) is 9.69 Å². The first-order chi connectivity index (χ1) is 9.74. The fourth-order valence-electron chi connectivity index (χ4n) is 2.05. The third kappa shape index (κ3) is 2.72. The number of morpholine rings is 1. The van der Waals surface area contributed by atoms with Crippen molar-refractivity contribution in [3.63, 3.8) is 0 Å². The van der Waals surface area contributed by atoms with E-state index in [0.717, 1.165) is 4.88 Å². The number of nitrogens with zero attached hydrogens (tertiary/aromatic N) is 3. The summed E-state index contributed by atoms with van der Waals surface area (Å²) in [6.45, 7) is 1.54. The van der Waals surface area contributed by atoms with Gasteiger partial charge in [-0.15, -0.1) is 11.3 Å². The summed E-state index contributed by atoms with van der Waals surface area (Å²) >= 11 is 1.53. The van der Waals surface area contributed by atoms with Crippen LogP contribution in [0, 0.1) is 0 Å². The summed E-state index contributed by atoms with van der Waals surface area (Å²) < 4.78 is 10.4. The van der Waals surface area contributed by atoms with Gasteiger partial charge in [0.05, 0.1) is 24.6 Å². The van der Waals surface area contributed by atoms with Crippen LogP contribution in [-0.2, 0) is 16.1 Å². The average molecular weight is 295 g/mol. The lowest BCUT2D eigenvalue weighted by Gasteiger charge is -2.31. The van der Waals surface area contributed by atoms with Gasteiger partial charge in [-0.1, -0.05) is 11.2 Å². The van der Waals surface area contributed by atoms with Gasteiger partial charge in [-0.2, -0.15) is 4.98 Å². The standard InChI is InChI=1S/C12H13N3O4S/c16-12(17)8-7-18-4-3-15(8)6-10-13-11(14-19-10)9-2-1-5-20-9/h1-2,5,8H,3-4,6-7H2,(H,16,17). The van der Waals surface area contributed by atoms with Crippen molar-refractivity contribution in [3.05, 3.63) is 23.4 Å². The van der Waals surface area contributed by atoms with E-state index in [-0.39, 0.29) is 6.61 Å². The minimum Gasteiger partial charge on any atom is -0.480 e.